The second-order valence-corrected chi connectivity index (χ2v) is 4.71. The van der Waals surface area contributed by atoms with Crippen LogP contribution in [0.1, 0.15) is 39.2 Å². The second-order valence-electron chi connectivity index (χ2n) is 4.71. The molecule has 0 amide bonds. The molecule has 0 fully saturated rings. The smallest absolute Gasteiger partial charge is 0.162 e. The summed E-state index contributed by atoms with van der Waals surface area (Å²) >= 11 is 0. The van der Waals surface area contributed by atoms with E-state index in [4.69, 9.17) is 15.9 Å². The summed E-state index contributed by atoms with van der Waals surface area (Å²) in [4.78, 5) is 0. The first-order chi connectivity index (χ1) is 8.67. The monoisotopic (exact) mass is 246 g/mol. The zero-order valence-electron chi connectivity index (χ0n) is 11.5. The highest BCUT2D eigenvalue weighted by Gasteiger charge is 2.07. The molecule has 0 radical (unpaired) electrons. The molecular formula is C16H22O2. The molecule has 0 unspecified atom stereocenters. The summed E-state index contributed by atoms with van der Waals surface area (Å²) in [6.45, 7) is 7.75. The maximum Gasteiger partial charge on any atom is 0.162 e. The van der Waals surface area contributed by atoms with Gasteiger partial charge in [0.2, 0.25) is 0 Å². The van der Waals surface area contributed by atoms with Gasteiger partial charge in [0, 0.05) is 5.56 Å². The lowest BCUT2D eigenvalue weighted by molar-refractivity contribution is 0.242. The fourth-order valence-electron chi connectivity index (χ4n) is 1.41. The van der Waals surface area contributed by atoms with Crippen molar-refractivity contribution in [1.29, 1.82) is 0 Å². The van der Waals surface area contributed by atoms with Gasteiger partial charge in [-0.25, -0.2) is 0 Å². The maximum atomic E-state index is 5.74. The molecule has 0 aliphatic rings. The van der Waals surface area contributed by atoms with Crippen LogP contribution >= 0.6 is 0 Å². The number of ether oxygens (including phenoxy) is 2. The van der Waals surface area contributed by atoms with E-state index in [1.165, 1.54) is 0 Å². The molecule has 0 aliphatic carbocycles. The van der Waals surface area contributed by atoms with E-state index in [1.54, 1.807) is 0 Å². The minimum atomic E-state index is 0.487. The molecule has 0 spiro atoms. The van der Waals surface area contributed by atoms with Gasteiger partial charge in [0.1, 0.15) is 0 Å². The van der Waals surface area contributed by atoms with Crippen LogP contribution in [0.15, 0.2) is 18.2 Å². The lowest BCUT2D eigenvalue weighted by atomic mass is 10.2. The van der Waals surface area contributed by atoms with E-state index in [2.05, 4.69) is 26.7 Å². The summed E-state index contributed by atoms with van der Waals surface area (Å²) in [5, 5.41) is 0. The van der Waals surface area contributed by atoms with Crippen molar-refractivity contribution in [3.63, 3.8) is 0 Å². The van der Waals surface area contributed by atoms with Crippen LogP contribution in [0, 0.1) is 18.3 Å². The Bertz CT molecular complexity index is 402. The van der Waals surface area contributed by atoms with E-state index in [-0.39, 0.29) is 0 Å². The zero-order valence-corrected chi connectivity index (χ0v) is 11.5. The first-order valence-electron chi connectivity index (χ1n) is 6.53. The van der Waals surface area contributed by atoms with Crippen molar-refractivity contribution in [2.75, 3.05) is 13.2 Å². The van der Waals surface area contributed by atoms with Gasteiger partial charge in [-0.1, -0.05) is 33.1 Å². The average molecular weight is 246 g/mol. The van der Waals surface area contributed by atoms with Gasteiger partial charge in [0.15, 0.2) is 11.5 Å². The van der Waals surface area contributed by atoms with Crippen molar-refractivity contribution in [3.05, 3.63) is 23.8 Å². The lowest BCUT2D eigenvalue weighted by Gasteiger charge is -2.14. The van der Waals surface area contributed by atoms with Crippen LogP contribution in [0.2, 0.25) is 0 Å². The number of terminal acetylenes is 1. The fraction of sp³-hybridized carbons (Fsp3) is 0.500. The number of hydrogen-bond donors (Lipinski definition) is 0. The molecule has 18 heavy (non-hydrogen) atoms. The number of unbranched alkanes of at least 4 members (excludes halogenated alkanes) is 1. The molecule has 0 atom stereocenters. The first-order valence-corrected chi connectivity index (χ1v) is 6.53. The average Bonchev–Trinajstić information content (AvgIpc) is 2.37. The van der Waals surface area contributed by atoms with Crippen LogP contribution in [0.5, 0.6) is 11.5 Å². The van der Waals surface area contributed by atoms with E-state index in [0.717, 1.165) is 29.9 Å². The Kier molecular flexibility index (Phi) is 6.14. The van der Waals surface area contributed by atoms with E-state index in [0.29, 0.717) is 19.1 Å². The molecule has 0 bridgehead atoms. The lowest BCUT2D eigenvalue weighted by Crippen LogP contribution is -2.06. The molecule has 0 N–H and O–H groups in total. The zero-order chi connectivity index (χ0) is 13.4. The van der Waals surface area contributed by atoms with E-state index >= 15 is 0 Å². The van der Waals surface area contributed by atoms with Crippen molar-refractivity contribution >= 4 is 0 Å². The first kappa shape index (κ1) is 14.4. The van der Waals surface area contributed by atoms with Crippen LogP contribution in [-0.2, 0) is 0 Å². The quantitative estimate of drug-likeness (QED) is 0.537. The largest absolute Gasteiger partial charge is 0.490 e. The summed E-state index contributed by atoms with van der Waals surface area (Å²) in [6, 6.07) is 5.63. The molecule has 1 aromatic rings. The Morgan fingerprint density at radius 3 is 2.61 bits per heavy atom. The third-order valence-corrected chi connectivity index (χ3v) is 2.44. The Labute approximate surface area is 110 Å². The molecule has 0 aromatic heterocycles. The van der Waals surface area contributed by atoms with Crippen molar-refractivity contribution in [2.45, 2.75) is 33.6 Å². The predicted molar refractivity (Wildman–Crippen MR) is 75.1 cm³/mol. The van der Waals surface area contributed by atoms with Crippen molar-refractivity contribution < 1.29 is 9.47 Å². The van der Waals surface area contributed by atoms with Crippen molar-refractivity contribution in [1.82, 2.24) is 0 Å². The minimum absolute atomic E-state index is 0.487. The summed E-state index contributed by atoms with van der Waals surface area (Å²) in [5.41, 5.74) is 0.818. The highest BCUT2D eigenvalue weighted by molar-refractivity contribution is 5.47. The van der Waals surface area contributed by atoms with Gasteiger partial charge in [0.25, 0.3) is 0 Å². The van der Waals surface area contributed by atoms with Crippen molar-refractivity contribution in [2.24, 2.45) is 5.92 Å². The van der Waals surface area contributed by atoms with Gasteiger partial charge in [-0.05, 0) is 30.5 Å². The second kappa shape index (κ2) is 7.66. The summed E-state index contributed by atoms with van der Waals surface area (Å²) in [6.07, 6.45) is 7.54. The van der Waals surface area contributed by atoms with E-state index in [1.807, 2.05) is 18.2 Å². The van der Waals surface area contributed by atoms with Crippen LogP contribution in [0.4, 0.5) is 0 Å². The number of hydrogen-bond acceptors (Lipinski definition) is 2. The van der Waals surface area contributed by atoms with E-state index in [9.17, 15) is 0 Å². The SMILES string of the molecule is C#Cc1ccc(OCC(C)C)c(OCCCC)c1. The number of rotatable bonds is 7. The standard InChI is InChI=1S/C16H22O2/c1-5-7-10-17-16-11-14(6-2)8-9-15(16)18-12-13(3)4/h2,8-9,11,13H,5,7,10,12H2,1,3-4H3. The molecule has 0 saturated carbocycles. The van der Waals surface area contributed by atoms with Gasteiger partial charge in [0.05, 0.1) is 13.2 Å². The van der Waals surface area contributed by atoms with Crippen LogP contribution in [0.3, 0.4) is 0 Å². The molecule has 98 valence electrons. The van der Waals surface area contributed by atoms with Gasteiger partial charge >= 0.3 is 0 Å². The van der Waals surface area contributed by atoms with Crippen LogP contribution in [-0.4, -0.2) is 13.2 Å². The summed E-state index contributed by atoms with van der Waals surface area (Å²) in [7, 11) is 0. The molecule has 2 nitrogen and oxygen atoms in total. The molecule has 1 aromatic carbocycles. The third kappa shape index (κ3) is 4.71. The van der Waals surface area contributed by atoms with Gasteiger partial charge in [-0.15, -0.1) is 6.42 Å². The molecule has 2 heteroatoms. The Morgan fingerprint density at radius 2 is 2.00 bits per heavy atom. The van der Waals surface area contributed by atoms with Crippen LogP contribution < -0.4 is 9.47 Å². The highest BCUT2D eigenvalue weighted by Crippen LogP contribution is 2.28. The topological polar surface area (TPSA) is 18.5 Å². The molecule has 0 saturated heterocycles. The molecule has 0 aliphatic heterocycles. The molecule has 0 heterocycles. The third-order valence-electron chi connectivity index (χ3n) is 2.44. The normalized spacial score (nSPS) is 10.2. The summed E-state index contributed by atoms with van der Waals surface area (Å²) in [5.74, 6) is 4.63. The minimum Gasteiger partial charge on any atom is -0.490 e. The Hall–Kier alpha value is -1.62. The summed E-state index contributed by atoms with van der Waals surface area (Å²) < 4.78 is 11.5. The highest BCUT2D eigenvalue weighted by atomic mass is 16.5. The maximum absolute atomic E-state index is 5.74. The number of benzene rings is 1. The van der Waals surface area contributed by atoms with Gasteiger partial charge in [-0.3, -0.25) is 0 Å². The van der Waals surface area contributed by atoms with E-state index < -0.39 is 0 Å². The van der Waals surface area contributed by atoms with Gasteiger partial charge in [-0.2, -0.15) is 0 Å². The Morgan fingerprint density at radius 1 is 1.22 bits per heavy atom. The van der Waals surface area contributed by atoms with Crippen LogP contribution in [0.25, 0.3) is 0 Å². The van der Waals surface area contributed by atoms with Gasteiger partial charge < -0.3 is 9.47 Å². The predicted octanol–water partition coefficient (Wildman–Crippen LogP) is 3.88. The van der Waals surface area contributed by atoms with Crippen molar-refractivity contribution in [3.8, 4) is 23.8 Å². The fourth-order valence-corrected chi connectivity index (χ4v) is 1.41. The molecule has 1 rings (SSSR count). The Balaban J connectivity index is 2.76. The molecular weight excluding hydrogens is 224 g/mol.